The van der Waals surface area contributed by atoms with Gasteiger partial charge in [-0.15, -0.1) is 0 Å². The summed E-state index contributed by atoms with van der Waals surface area (Å²) < 4.78 is 80.4. The van der Waals surface area contributed by atoms with Gasteiger partial charge < -0.3 is 19.9 Å². The number of aromatic nitrogens is 2. The lowest BCUT2D eigenvalue weighted by Crippen LogP contribution is -2.44. The molecule has 2 rings (SSSR count). The summed E-state index contributed by atoms with van der Waals surface area (Å²) in [7, 11) is 2.84. The lowest BCUT2D eigenvalue weighted by molar-refractivity contribution is -0.325. The summed E-state index contributed by atoms with van der Waals surface area (Å²) in [6.07, 6.45) is -9.25. The second-order valence-corrected chi connectivity index (χ2v) is 7.63. The first-order valence-corrected chi connectivity index (χ1v) is 9.06. The highest BCUT2D eigenvalue weighted by Gasteiger charge is 2.46. The van der Waals surface area contributed by atoms with Gasteiger partial charge in [-0.1, -0.05) is 23.2 Å². The highest BCUT2D eigenvalue weighted by atomic mass is 35.5. The first-order valence-electron chi connectivity index (χ1n) is 8.30. The van der Waals surface area contributed by atoms with Crippen LogP contribution in [0.3, 0.4) is 0 Å². The summed E-state index contributed by atoms with van der Waals surface area (Å²) in [5, 5.41) is 23.4. The highest BCUT2D eigenvalue weighted by molar-refractivity contribution is 6.38. The molecule has 0 aliphatic carbocycles. The molecule has 15 heteroatoms. The van der Waals surface area contributed by atoms with E-state index in [0.29, 0.717) is 23.7 Å². The van der Waals surface area contributed by atoms with Crippen molar-refractivity contribution in [2.24, 2.45) is 4.99 Å². The standard InChI is InChI=1S/C17H14Cl2F6N4O3/c1-15(32,14(30)31)10-12(17(23,24)25)27-29(13(10)26-6-28(2)3)11-8(18)4-7(5-9(11)19)16(20,21)22/h4-6,32H,1-3H3,(H,30,31)/p-1. The quantitative estimate of drug-likeness (QED) is 0.382. The van der Waals surface area contributed by atoms with Gasteiger partial charge in [0.25, 0.3) is 0 Å². The van der Waals surface area contributed by atoms with Crippen LogP contribution in [-0.4, -0.2) is 46.2 Å². The number of carboxylic acids is 1. The van der Waals surface area contributed by atoms with Crippen molar-refractivity contribution in [1.29, 1.82) is 0 Å². The second-order valence-electron chi connectivity index (χ2n) is 6.81. The lowest BCUT2D eigenvalue weighted by Gasteiger charge is -2.25. The van der Waals surface area contributed by atoms with Crippen LogP contribution in [0.15, 0.2) is 17.1 Å². The topological polar surface area (TPSA) is 93.8 Å². The van der Waals surface area contributed by atoms with Crippen molar-refractivity contribution in [3.8, 4) is 5.69 Å². The SMILES string of the molecule is CN(C)C=Nc1c(C(C)(O)C(=O)[O-])c(C(F)(F)F)nn1-c1c(Cl)cc(C(F)(F)F)cc1Cl. The Morgan fingerprint density at radius 2 is 1.66 bits per heavy atom. The average molecular weight is 506 g/mol. The minimum Gasteiger partial charge on any atom is -0.547 e. The molecule has 32 heavy (non-hydrogen) atoms. The molecule has 1 heterocycles. The molecule has 1 aromatic carbocycles. The van der Waals surface area contributed by atoms with Gasteiger partial charge in [0.2, 0.25) is 0 Å². The lowest BCUT2D eigenvalue weighted by atomic mass is 9.95. The molecule has 0 saturated heterocycles. The third-order valence-electron chi connectivity index (χ3n) is 3.98. The van der Waals surface area contributed by atoms with Crippen LogP contribution in [0.25, 0.3) is 5.69 Å². The molecule has 0 aliphatic heterocycles. The maximum atomic E-state index is 13.7. The number of benzene rings is 1. The fourth-order valence-electron chi connectivity index (χ4n) is 2.53. The molecule has 1 aromatic heterocycles. The summed E-state index contributed by atoms with van der Waals surface area (Å²) in [5.41, 5.74) is -8.41. The van der Waals surface area contributed by atoms with Gasteiger partial charge in [0.1, 0.15) is 11.3 Å². The zero-order chi connectivity index (χ0) is 24.8. The van der Waals surface area contributed by atoms with Gasteiger partial charge in [0, 0.05) is 14.1 Å². The first-order chi connectivity index (χ1) is 14.4. The number of halogens is 8. The zero-order valence-corrected chi connectivity index (χ0v) is 17.8. The van der Waals surface area contributed by atoms with E-state index >= 15 is 0 Å². The number of carbonyl (C=O) groups is 1. The van der Waals surface area contributed by atoms with Crippen molar-refractivity contribution in [3.05, 3.63) is 39.0 Å². The second kappa shape index (κ2) is 8.45. The third kappa shape index (κ3) is 4.94. The molecule has 1 unspecified atom stereocenters. The van der Waals surface area contributed by atoms with Gasteiger partial charge in [-0.3, -0.25) is 0 Å². The maximum Gasteiger partial charge on any atom is 0.435 e. The Balaban J connectivity index is 3.03. The fraction of sp³-hybridized carbons (Fsp3) is 0.353. The van der Waals surface area contributed by atoms with Gasteiger partial charge in [-0.25, -0.2) is 9.67 Å². The Hall–Kier alpha value is -2.51. The Bertz CT molecular complexity index is 1050. The number of aliphatic carboxylic acids is 1. The number of alkyl halides is 6. The minimum atomic E-state index is -5.31. The van der Waals surface area contributed by atoms with Crippen molar-refractivity contribution >= 4 is 41.3 Å². The summed E-state index contributed by atoms with van der Waals surface area (Å²) in [6.45, 7) is 0.504. The van der Waals surface area contributed by atoms with Crippen LogP contribution in [0.2, 0.25) is 10.0 Å². The highest BCUT2D eigenvalue weighted by Crippen LogP contribution is 2.45. The van der Waals surface area contributed by atoms with Crippen LogP contribution in [0.5, 0.6) is 0 Å². The van der Waals surface area contributed by atoms with Crippen molar-refractivity contribution in [2.75, 3.05) is 14.1 Å². The predicted octanol–water partition coefficient (Wildman–Crippen LogP) is 3.40. The molecule has 176 valence electrons. The summed E-state index contributed by atoms with van der Waals surface area (Å²) in [4.78, 5) is 16.4. The minimum absolute atomic E-state index is 0.306. The maximum absolute atomic E-state index is 13.7. The molecule has 0 bridgehead atoms. The van der Waals surface area contributed by atoms with Crippen LogP contribution < -0.4 is 5.11 Å². The number of carbonyl (C=O) groups excluding carboxylic acids is 1. The van der Waals surface area contributed by atoms with Gasteiger partial charge in [0.05, 0.1) is 33.5 Å². The van der Waals surface area contributed by atoms with E-state index in [1.807, 2.05) is 0 Å². The van der Waals surface area contributed by atoms with E-state index in [1.165, 1.54) is 19.0 Å². The Kier molecular flexibility index (Phi) is 6.80. The fourth-order valence-corrected chi connectivity index (χ4v) is 3.18. The number of aliphatic hydroxyl groups is 1. The van der Waals surface area contributed by atoms with Gasteiger partial charge in [-0.05, 0) is 19.1 Å². The smallest absolute Gasteiger partial charge is 0.435 e. The monoisotopic (exact) mass is 505 g/mol. The molecule has 0 radical (unpaired) electrons. The summed E-state index contributed by atoms with van der Waals surface area (Å²) in [6, 6.07) is 0.793. The Morgan fingerprint density at radius 1 is 1.16 bits per heavy atom. The van der Waals surface area contributed by atoms with Crippen LogP contribution in [0.1, 0.15) is 23.7 Å². The van der Waals surface area contributed by atoms with Gasteiger partial charge in [0.15, 0.2) is 11.5 Å². The molecule has 1 N–H and O–H groups in total. The van der Waals surface area contributed by atoms with Crippen molar-refractivity contribution < 1.29 is 41.4 Å². The molecule has 0 saturated carbocycles. The Labute approximate surface area is 186 Å². The van der Waals surface area contributed by atoms with E-state index in [0.717, 1.165) is 6.34 Å². The molecule has 0 aliphatic rings. The molecule has 0 spiro atoms. The van der Waals surface area contributed by atoms with E-state index in [1.54, 1.807) is 0 Å². The van der Waals surface area contributed by atoms with Crippen molar-refractivity contribution in [3.63, 3.8) is 0 Å². The van der Waals surface area contributed by atoms with Crippen molar-refractivity contribution in [2.45, 2.75) is 24.9 Å². The Morgan fingerprint density at radius 3 is 2.03 bits per heavy atom. The number of nitrogens with zero attached hydrogens (tertiary/aromatic N) is 4. The molecule has 0 fully saturated rings. The van der Waals surface area contributed by atoms with Crippen LogP contribution in [0.4, 0.5) is 32.2 Å². The molecule has 0 amide bonds. The number of carboxylic acid groups (broad SMARTS) is 1. The molecule has 1 atom stereocenters. The van der Waals surface area contributed by atoms with Gasteiger partial charge in [-0.2, -0.15) is 31.4 Å². The molecular formula is C17H13Cl2F6N4O3-. The van der Waals surface area contributed by atoms with E-state index in [4.69, 9.17) is 23.2 Å². The van der Waals surface area contributed by atoms with E-state index < -0.39 is 62.3 Å². The number of aliphatic imine (C=N–C) groups is 1. The zero-order valence-electron chi connectivity index (χ0n) is 16.3. The molecule has 7 nitrogen and oxygen atoms in total. The summed E-state index contributed by atoms with van der Waals surface area (Å²) in [5.74, 6) is -3.21. The van der Waals surface area contributed by atoms with Crippen LogP contribution in [-0.2, 0) is 22.7 Å². The van der Waals surface area contributed by atoms with Gasteiger partial charge >= 0.3 is 12.4 Å². The number of hydrogen-bond donors (Lipinski definition) is 1. The third-order valence-corrected chi connectivity index (χ3v) is 4.56. The van der Waals surface area contributed by atoms with Crippen LogP contribution in [0, 0.1) is 0 Å². The van der Waals surface area contributed by atoms with E-state index in [2.05, 4.69) is 10.1 Å². The van der Waals surface area contributed by atoms with Crippen molar-refractivity contribution in [1.82, 2.24) is 14.7 Å². The average Bonchev–Trinajstić information content (AvgIpc) is 2.98. The van der Waals surface area contributed by atoms with Crippen LogP contribution >= 0.6 is 23.2 Å². The first kappa shape index (κ1) is 25.7. The molecule has 2 aromatic rings. The number of hydrogen-bond acceptors (Lipinski definition) is 5. The normalized spacial score (nSPS) is 14.6. The van der Waals surface area contributed by atoms with E-state index in [-0.39, 0.29) is 0 Å². The number of rotatable bonds is 5. The largest absolute Gasteiger partial charge is 0.547 e. The molecular weight excluding hydrogens is 493 g/mol. The summed E-state index contributed by atoms with van der Waals surface area (Å²) >= 11 is 11.8. The van der Waals surface area contributed by atoms with E-state index in [9.17, 15) is 41.4 Å². The predicted molar refractivity (Wildman–Crippen MR) is 100 cm³/mol.